The fourth-order valence-corrected chi connectivity index (χ4v) is 4.87. The summed E-state index contributed by atoms with van der Waals surface area (Å²) in [6, 6.07) is 0. The van der Waals surface area contributed by atoms with Crippen molar-refractivity contribution in [2.75, 3.05) is 13.2 Å². The molecule has 0 spiro atoms. The summed E-state index contributed by atoms with van der Waals surface area (Å²) in [6.45, 7) is 2.55. The second-order valence-electron chi connectivity index (χ2n) is 10.9. The molecule has 0 rings (SSSR count). The summed E-state index contributed by atoms with van der Waals surface area (Å²) in [7, 11) is 0. The fourth-order valence-electron chi connectivity index (χ4n) is 4.87. The second kappa shape index (κ2) is 23.8. The van der Waals surface area contributed by atoms with E-state index < -0.39 is 67.8 Å². The Balaban J connectivity index is 5.57. The number of carbonyl (C=O) groups excluding carboxylic acids is 1. The molecule has 0 bridgehead atoms. The number of ether oxygens (including phenoxy) is 1. The molecular weight excluding hydrogens is 508 g/mol. The molecule has 10 nitrogen and oxygen atoms in total. The summed E-state index contributed by atoms with van der Waals surface area (Å²) in [5, 5.41) is 79.8. The summed E-state index contributed by atoms with van der Waals surface area (Å²) in [5.74, 6) is -1.58. The van der Waals surface area contributed by atoms with Crippen molar-refractivity contribution in [3.63, 3.8) is 0 Å². The predicted molar refractivity (Wildman–Crippen MR) is 149 cm³/mol. The van der Waals surface area contributed by atoms with Gasteiger partial charge in [-0.15, -0.1) is 0 Å². The third-order valence-corrected chi connectivity index (χ3v) is 7.49. The predicted octanol–water partition coefficient (Wildman–Crippen LogP) is 1.95. The molecule has 39 heavy (non-hydrogen) atoms. The van der Waals surface area contributed by atoms with Gasteiger partial charge in [-0.1, -0.05) is 104 Å². The number of aliphatic hydroxyl groups excluding tert-OH is 8. The summed E-state index contributed by atoms with van der Waals surface area (Å²) in [6.07, 6.45) is 3.23. The lowest BCUT2D eigenvalue weighted by molar-refractivity contribution is -0.191. The largest absolute Gasteiger partial charge is 0.457 e. The van der Waals surface area contributed by atoms with Gasteiger partial charge in [0.25, 0.3) is 0 Å². The van der Waals surface area contributed by atoms with E-state index >= 15 is 0 Å². The summed E-state index contributed by atoms with van der Waals surface area (Å²) >= 11 is 0. The van der Waals surface area contributed by atoms with Crippen LogP contribution in [0.15, 0.2) is 0 Å². The molecule has 0 aromatic rings. The number of unbranched alkanes of at least 4 members (excludes halogenated alkanes) is 12. The first-order valence-corrected chi connectivity index (χ1v) is 15.2. The maximum absolute atomic E-state index is 12.4. The molecule has 0 saturated carbocycles. The Labute approximate surface area is 235 Å². The minimum atomic E-state index is -2.04. The highest BCUT2D eigenvalue weighted by atomic mass is 16.6. The molecule has 0 saturated heterocycles. The molecule has 0 aliphatic carbocycles. The Kier molecular flexibility index (Phi) is 23.3. The van der Waals surface area contributed by atoms with Crippen LogP contribution in [0.1, 0.15) is 117 Å². The van der Waals surface area contributed by atoms with Gasteiger partial charge in [0.2, 0.25) is 0 Å². The lowest BCUT2D eigenvalue weighted by Crippen LogP contribution is -2.55. The monoisotopic (exact) mass is 566 g/mol. The van der Waals surface area contributed by atoms with Crippen LogP contribution in [0.4, 0.5) is 0 Å². The van der Waals surface area contributed by atoms with Crippen LogP contribution >= 0.6 is 0 Å². The molecule has 0 aromatic carbocycles. The van der Waals surface area contributed by atoms with Gasteiger partial charge in [0, 0.05) is 0 Å². The van der Waals surface area contributed by atoms with Crippen LogP contribution in [0.2, 0.25) is 0 Å². The zero-order valence-electron chi connectivity index (χ0n) is 24.2. The Morgan fingerprint density at radius 2 is 0.974 bits per heavy atom. The van der Waals surface area contributed by atoms with Gasteiger partial charge >= 0.3 is 5.97 Å². The lowest BCUT2D eigenvalue weighted by atomic mass is 9.84. The van der Waals surface area contributed by atoms with Gasteiger partial charge in [0.05, 0.1) is 13.2 Å². The number of rotatable bonds is 26. The quantitative estimate of drug-likeness (QED) is 0.0568. The van der Waals surface area contributed by atoms with E-state index in [1.165, 1.54) is 25.7 Å². The first kappa shape index (κ1) is 38.1. The fraction of sp³-hybridized carbons (Fsp3) is 0.966. The number of hydrogen-bond donors (Lipinski definition) is 8. The molecule has 0 aliphatic heterocycles. The highest BCUT2D eigenvalue weighted by molar-refractivity contribution is 5.74. The standard InChI is InChI=1S/C29H58O10/c1-3-5-7-9-11-12-14-16-18-21(17-15-13-10-8-6-4-2)28(39-29(38)23(33)20-31)27(37)26(36)25(35)24(34)22(32)19-30/h21-28,30-37H,3-20H2,1-2H3/t21?,22-,23?,24-,25-,26-,27?,28?/m1/s1. The first-order valence-electron chi connectivity index (χ1n) is 15.2. The highest BCUT2D eigenvalue weighted by Gasteiger charge is 2.42. The number of aliphatic hydroxyl groups is 8. The zero-order valence-corrected chi connectivity index (χ0v) is 24.2. The minimum absolute atomic E-state index is 0.414. The molecule has 0 fully saturated rings. The maximum Gasteiger partial charge on any atom is 0.337 e. The molecule has 8 N–H and O–H groups in total. The number of carbonyl (C=O) groups is 1. The minimum Gasteiger partial charge on any atom is -0.457 e. The Morgan fingerprint density at radius 1 is 0.564 bits per heavy atom. The number of hydrogen-bond acceptors (Lipinski definition) is 10. The van der Waals surface area contributed by atoms with Gasteiger partial charge in [0.15, 0.2) is 6.10 Å². The van der Waals surface area contributed by atoms with Crippen LogP contribution in [0.3, 0.4) is 0 Å². The maximum atomic E-state index is 12.4. The van der Waals surface area contributed by atoms with Crippen LogP contribution in [0, 0.1) is 5.92 Å². The third kappa shape index (κ3) is 16.2. The van der Waals surface area contributed by atoms with Crippen LogP contribution in [-0.4, -0.2) is 103 Å². The van der Waals surface area contributed by atoms with Gasteiger partial charge < -0.3 is 45.6 Å². The summed E-state index contributed by atoms with van der Waals surface area (Å²) in [5.41, 5.74) is 0. The van der Waals surface area contributed by atoms with E-state index in [1.54, 1.807) is 0 Å². The van der Waals surface area contributed by atoms with Gasteiger partial charge in [-0.05, 0) is 18.8 Å². The zero-order chi connectivity index (χ0) is 29.6. The second-order valence-corrected chi connectivity index (χ2v) is 10.9. The topological polar surface area (TPSA) is 188 Å². The van der Waals surface area contributed by atoms with Crippen molar-refractivity contribution in [1.82, 2.24) is 0 Å². The van der Waals surface area contributed by atoms with E-state index in [0.717, 1.165) is 64.2 Å². The normalized spacial score (nSPS) is 18.1. The molecular formula is C29H58O10. The summed E-state index contributed by atoms with van der Waals surface area (Å²) < 4.78 is 5.42. The molecule has 10 heteroatoms. The Morgan fingerprint density at radius 3 is 1.38 bits per heavy atom. The van der Waals surface area contributed by atoms with Crippen molar-refractivity contribution < 1.29 is 50.4 Å². The van der Waals surface area contributed by atoms with Gasteiger partial charge in [-0.25, -0.2) is 4.79 Å². The van der Waals surface area contributed by atoms with Crippen molar-refractivity contribution in [3.05, 3.63) is 0 Å². The molecule has 0 aromatic heterocycles. The van der Waals surface area contributed by atoms with Crippen molar-refractivity contribution >= 4 is 5.97 Å². The van der Waals surface area contributed by atoms with E-state index in [4.69, 9.17) is 9.84 Å². The average Bonchev–Trinajstić information content (AvgIpc) is 2.95. The molecule has 4 unspecified atom stereocenters. The van der Waals surface area contributed by atoms with E-state index in [1.807, 2.05) is 0 Å². The van der Waals surface area contributed by atoms with Crippen molar-refractivity contribution in [2.45, 2.75) is 159 Å². The summed E-state index contributed by atoms with van der Waals surface area (Å²) in [4.78, 5) is 12.4. The molecule has 0 radical (unpaired) electrons. The van der Waals surface area contributed by atoms with Gasteiger partial charge in [-0.3, -0.25) is 0 Å². The van der Waals surface area contributed by atoms with Crippen molar-refractivity contribution in [2.24, 2.45) is 5.92 Å². The van der Waals surface area contributed by atoms with Gasteiger partial charge in [0.1, 0.15) is 36.6 Å². The molecule has 0 heterocycles. The molecule has 0 aliphatic rings. The van der Waals surface area contributed by atoms with Crippen molar-refractivity contribution in [1.29, 1.82) is 0 Å². The first-order chi connectivity index (χ1) is 18.7. The van der Waals surface area contributed by atoms with E-state index in [-0.39, 0.29) is 0 Å². The lowest BCUT2D eigenvalue weighted by Gasteiger charge is -2.36. The van der Waals surface area contributed by atoms with Crippen LogP contribution in [0.5, 0.6) is 0 Å². The highest BCUT2D eigenvalue weighted by Crippen LogP contribution is 2.29. The molecule has 8 atom stereocenters. The van der Waals surface area contributed by atoms with Crippen molar-refractivity contribution in [3.8, 4) is 0 Å². The van der Waals surface area contributed by atoms with Crippen LogP contribution in [-0.2, 0) is 9.53 Å². The molecule has 234 valence electrons. The van der Waals surface area contributed by atoms with Crippen LogP contribution < -0.4 is 0 Å². The molecule has 0 amide bonds. The Bertz CT molecular complexity index is 578. The average molecular weight is 567 g/mol. The van der Waals surface area contributed by atoms with Crippen LogP contribution in [0.25, 0.3) is 0 Å². The Hall–Kier alpha value is -0.850. The van der Waals surface area contributed by atoms with E-state index in [0.29, 0.717) is 12.8 Å². The van der Waals surface area contributed by atoms with Gasteiger partial charge in [-0.2, -0.15) is 0 Å². The smallest absolute Gasteiger partial charge is 0.337 e. The van der Waals surface area contributed by atoms with E-state index in [2.05, 4.69) is 13.8 Å². The third-order valence-electron chi connectivity index (χ3n) is 7.49. The SMILES string of the molecule is CCCCCCCCCCC(CCCCCCCC)C(OC(=O)C(O)CO)C(O)[C@H](O)[C@H](O)[C@H](O)[C@H](O)CO. The van der Waals surface area contributed by atoms with E-state index in [9.17, 15) is 40.5 Å². The number of esters is 1.